The van der Waals surface area contributed by atoms with E-state index in [1.807, 2.05) is 0 Å². The van der Waals surface area contributed by atoms with Gasteiger partial charge >= 0.3 is 0 Å². The van der Waals surface area contributed by atoms with Crippen LogP contribution in [0.3, 0.4) is 0 Å². The minimum absolute atomic E-state index is 0.0767. The number of phenolic OH excluding ortho intramolecular Hbond substituents is 2. The van der Waals surface area contributed by atoms with Crippen LogP contribution < -0.4 is 5.73 Å². The molecule has 0 aromatic heterocycles. The Hall–Kier alpha value is -8.19. The molecule has 0 saturated carbocycles. The predicted octanol–water partition coefficient (Wildman–Crippen LogP) is 8.79. The first-order valence-corrected chi connectivity index (χ1v) is 26.1. The maximum atomic E-state index is 12.8. The molecule has 0 radical (unpaired) electrons. The lowest BCUT2D eigenvalue weighted by Gasteiger charge is -2.14. The number of azo groups is 4. The molecule has 7 rings (SSSR count). The lowest BCUT2D eigenvalue weighted by Crippen LogP contribution is -2.04. The predicted molar refractivity (Wildman–Crippen MR) is 247 cm³/mol. The third kappa shape index (κ3) is 10.6. The van der Waals surface area contributed by atoms with Crippen molar-refractivity contribution in [2.45, 2.75) is 24.5 Å². The Balaban J connectivity index is 1.46. The van der Waals surface area contributed by atoms with Gasteiger partial charge < -0.3 is 15.9 Å². The Bertz CT molecular complexity index is 4210. The number of fused-ring (bicyclic) bond motifs is 2. The minimum atomic E-state index is -5.60. The molecule has 0 aliphatic heterocycles. The summed E-state index contributed by atoms with van der Waals surface area (Å²) < 4.78 is 172. The van der Waals surface area contributed by atoms with Crippen molar-refractivity contribution in [3.8, 4) is 11.5 Å². The molecule has 0 heterocycles. The van der Waals surface area contributed by atoms with Gasteiger partial charge in [0.25, 0.3) is 56.3 Å². The normalized spacial score (nSPS) is 13.1. The third-order valence-corrected chi connectivity index (χ3v) is 14.2. The standard InChI is InChI=1S/C38H26N10O19S5/c39-35-27(17-31(71(62,63)64)20-16-32(72(65,66)67)36(38(50)34(20)35)47-45-26-15-18(68(53,54)55)9-14-28(26)48(51)52)46-43-24-13-12-21(40-41-22-5-1-3-7-29(22)69(56,57)58)19-10-11-25(37(49)33(19)24)44-42-23-6-2-4-8-30(23)70(59,60)61/h1-17,49-50H,39H2,(H,53,54,55)(H,56,57,58)(H,59,60,61)(H,62,63,64)(H,65,66,67). The van der Waals surface area contributed by atoms with Gasteiger partial charge in [0, 0.05) is 16.8 Å². The number of aromatic hydroxyl groups is 2. The van der Waals surface area contributed by atoms with Crippen LogP contribution in [-0.4, -0.2) is 80.0 Å². The van der Waals surface area contributed by atoms with Crippen molar-refractivity contribution in [2.24, 2.45) is 40.9 Å². The van der Waals surface area contributed by atoms with Gasteiger partial charge in [0.15, 0.2) is 17.2 Å². The van der Waals surface area contributed by atoms with E-state index in [9.17, 15) is 85.2 Å². The average Bonchev–Trinajstić information content (AvgIpc) is 3.28. The summed E-state index contributed by atoms with van der Waals surface area (Å²) in [6.45, 7) is 0. The summed E-state index contributed by atoms with van der Waals surface area (Å²) in [6, 6.07) is 16.9. The Morgan fingerprint density at radius 1 is 0.417 bits per heavy atom. The van der Waals surface area contributed by atoms with E-state index in [0.29, 0.717) is 30.3 Å². The fourth-order valence-electron chi connectivity index (χ4n) is 6.57. The van der Waals surface area contributed by atoms with Gasteiger partial charge in [-0.1, -0.05) is 24.3 Å². The molecular weight excluding hydrogens is 1060 g/mol. The second kappa shape index (κ2) is 18.9. The largest absolute Gasteiger partial charge is 0.505 e. The highest BCUT2D eigenvalue weighted by Gasteiger charge is 2.29. The first-order chi connectivity index (χ1) is 33.5. The van der Waals surface area contributed by atoms with Gasteiger partial charge in [0.2, 0.25) is 0 Å². The number of rotatable bonds is 14. The quantitative estimate of drug-likeness (QED) is 0.0166. The Labute approximate surface area is 403 Å². The number of nitro groups is 1. The van der Waals surface area contributed by atoms with Gasteiger partial charge in [-0.25, -0.2) is 0 Å². The lowest BCUT2D eigenvalue weighted by atomic mass is 10.0. The van der Waals surface area contributed by atoms with Crippen molar-refractivity contribution < 1.29 is 80.0 Å². The van der Waals surface area contributed by atoms with Gasteiger partial charge in [-0.3, -0.25) is 32.9 Å². The summed E-state index contributed by atoms with van der Waals surface area (Å²) >= 11 is 0. The Morgan fingerprint density at radius 3 is 1.43 bits per heavy atom. The maximum Gasteiger partial charge on any atom is 0.296 e. The molecule has 0 bridgehead atoms. The van der Waals surface area contributed by atoms with Crippen LogP contribution in [0.2, 0.25) is 0 Å². The molecule has 0 aliphatic carbocycles. The fourth-order valence-corrected chi connectivity index (χ4v) is 9.67. The van der Waals surface area contributed by atoms with Gasteiger partial charge in [-0.2, -0.15) is 42.1 Å². The summed E-state index contributed by atoms with van der Waals surface area (Å²) in [5.41, 5.74) is -0.117. The Morgan fingerprint density at radius 2 is 0.889 bits per heavy atom. The topological polar surface area (TPSA) is 480 Å². The van der Waals surface area contributed by atoms with E-state index in [1.54, 1.807) is 0 Å². The average molecular weight is 1090 g/mol. The van der Waals surface area contributed by atoms with Crippen LogP contribution in [0.15, 0.2) is 169 Å². The summed E-state index contributed by atoms with van der Waals surface area (Å²) in [5.74, 6) is -2.25. The van der Waals surface area contributed by atoms with E-state index in [0.717, 1.165) is 30.3 Å². The first-order valence-electron chi connectivity index (χ1n) is 18.9. The molecule has 0 atom stereocenters. The van der Waals surface area contributed by atoms with Gasteiger partial charge in [0.05, 0.1) is 37.7 Å². The lowest BCUT2D eigenvalue weighted by molar-refractivity contribution is -0.384. The van der Waals surface area contributed by atoms with Gasteiger partial charge in [-0.15, -0.1) is 40.9 Å². The first kappa shape index (κ1) is 51.7. The monoisotopic (exact) mass is 1090 g/mol. The summed E-state index contributed by atoms with van der Waals surface area (Å²) in [5, 5.41) is 63.3. The van der Waals surface area contributed by atoms with E-state index in [-0.39, 0.29) is 33.5 Å². The number of nitrogens with zero attached hydrogens (tertiary/aromatic N) is 9. The molecule has 34 heteroatoms. The van der Waals surface area contributed by atoms with E-state index in [4.69, 9.17) is 5.73 Å². The third-order valence-electron chi connectivity index (χ3n) is 9.74. The number of hydrogen-bond donors (Lipinski definition) is 8. The van der Waals surface area contributed by atoms with Crippen molar-refractivity contribution >= 4 is 129 Å². The zero-order valence-electron chi connectivity index (χ0n) is 35.0. The van der Waals surface area contributed by atoms with Gasteiger partial charge in [0.1, 0.15) is 48.0 Å². The van der Waals surface area contributed by atoms with Gasteiger partial charge in [-0.05, 0) is 72.8 Å². The van der Waals surface area contributed by atoms with Crippen LogP contribution in [0.25, 0.3) is 21.5 Å². The molecule has 72 heavy (non-hydrogen) atoms. The summed E-state index contributed by atoms with van der Waals surface area (Å²) in [7, 11) is -25.8. The van der Waals surface area contributed by atoms with E-state index >= 15 is 0 Å². The fraction of sp³-hybridized carbons (Fsp3) is 0. The molecule has 0 spiro atoms. The molecule has 0 unspecified atom stereocenters. The SMILES string of the molecule is Nc1c(N=Nc2ccc(N=Nc3ccccc3S(=O)(=O)O)c3ccc(N=Nc4ccccc4S(=O)(=O)O)c(O)c23)cc(S(=O)(=O)O)c2cc(S(=O)(=O)O)c(N=Nc3cc(S(=O)(=O)O)ccc3[N+](=O)[O-])c(O)c12. The van der Waals surface area contributed by atoms with Crippen molar-refractivity contribution in [3.63, 3.8) is 0 Å². The molecule has 9 N–H and O–H groups in total. The van der Waals surface area contributed by atoms with Crippen LogP contribution in [0.1, 0.15) is 0 Å². The van der Waals surface area contributed by atoms with E-state index in [1.165, 1.54) is 42.5 Å². The van der Waals surface area contributed by atoms with Crippen LogP contribution in [0, 0.1) is 10.1 Å². The number of hydrogen-bond acceptors (Lipinski definition) is 23. The molecule has 0 aliphatic rings. The summed E-state index contributed by atoms with van der Waals surface area (Å²) in [4.78, 5) is 5.67. The highest BCUT2D eigenvalue weighted by molar-refractivity contribution is 7.87. The number of nitrogens with two attached hydrogens (primary N) is 1. The Kier molecular flexibility index (Phi) is 13.5. The second-order valence-electron chi connectivity index (χ2n) is 14.3. The smallest absolute Gasteiger partial charge is 0.296 e. The molecule has 0 saturated heterocycles. The van der Waals surface area contributed by atoms with Crippen molar-refractivity contribution in [1.82, 2.24) is 0 Å². The molecular formula is C38H26N10O19S5. The van der Waals surface area contributed by atoms with Crippen molar-refractivity contribution in [3.05, 3.63) is 113 Å². The summed E-state index contributed by atoms with van der Waals surface area (Å²) in [6.07, 6.45) is 0. The zero-order chi connectivity index (χ0) is 52.9. The molecule has 7 aromatic carbocycles. The van der Waals surface area contributed by atoms with Crippen molar-refractivity contribution in [1.29, 1.82) is 0 Å². The minimum Gasteiger partial charge on any atom is -0.505 e. The van der Waals surface area contributed by atoms with E-state index in [2.05, 4.69) is 40.9 Å². The van der Waals surface area contributed by atoms with Crippen molar-refractivity contribution in [2.75, 3.05) is 5.73 Å². The molecule has 0 amide bonds. The van der Waals surface area contributed by atoms with Crippen LogP contribution in [0.5, 0.6) is 11.5 Å². The highest BCUT2D eigenvalue weighted by Crippen LogP contribution is 2.50. The number of anilines is 1. The molecule has 7 aromatic rings. The number of nitrogen functional groups attached to an aromatic ring is 1. The number of nitro benzene ring substituents is 1. The van der Waals surface area contributed by atoms with Crippen LogP contribution >= 0.6 is 0 Å². The number of benzene rings is 7. The van der Waals surface area contributed by atoms with Crippen LogP contribution in [-0.2, 0) is 50.6 Å². The molecule has 29 nitrogen and oxygen atoms in total. The van der Waals surface area contributed by atoms with Crippen LogP contribution in [0.4, 0.5) is 56.9 Å². The van der Waals surface area contributed by atoms with E-state index < -0.39 is 136 Å². The highest BCUT2D eigenvalue weighted by atomic mass is 32.2. The second-order valence-corrected chi connectivity index (χ2v) is 21.3. The molecule has 0 fully saturated rings. The zero-order valence-corrected chi connectivity index (χ0v) is 39.1. The maximum absolute atomic E-state index is 12.8. The molecule has 372 valence electrons. The number of phenols is 2.